The Kier molecular flexibility index (Phi) is 23.7. The molecule has 0 aliphatic carbocycles. The minimum atomic E-state index is -1.14. The average Bonchev–Trinajstić information content (AvgIpc) is 3.93. The molecular formula is C59H75N11O11S4. The highest BCUT2D eigenvalue weighted by atomic mass is 32.1. The van der Waals surface area contributed by atoms with Gasteiger partial charge in [-0.25, -0.2) is 34.3 Å². The molecule has 5 N–H and O–H groups in total. The maximum Gasteiger partial charge on any atom is 0.354 e. The van der Waals surface area contributed by atoms with Crippen LogP contribution in [0.3, 0.4) is 0 Å². The smallest absolute Gasteiger partial charge is 0.354 e. The Bertz CT molecular complexity index is 3230. The second-order valence-corrected chi connectivity index (χ2v) is 21.1. The molecule has 22 nitrogen and oxygen atoms in total. The van der Waals surface area contributed by atoms with E-state index >= 15 is 0 Å². The van der Waals surface area contributed by atoms with Crippen LogP contribution in [0, 0.1) is 0 Å². The van der Waals surface area contributed by atoms with Crippen LogP contribution in [-0.4, -0.2) is 137 Å². The number of pyridine rings is 4. The number of hydrogen-bond acceptors (Lipinski definition) is 17. The van der Waals surface area contributed by atoms with Crippen molar-refractivity contribution in [1.29, 1.82) is 0 Å². The molecule has 0 radical (unpaired) electrons. The summed E-state index contributed by atoms with van der Waals surface area (Å²) < 4.78 is 34.4. The predicted molar refractivity (Wildman–Crippen MR) is 344 cm³/mol. The second kappa shape index (κ2) is 30.0. The van der Waals surface area contributed by atoms with Gasteiger partial charge >= 0.3 is 18.0 Å². The molecule has 6 aliphatic rings. The van der Waals surface area contributed by atoms with Crippen molar-refractivity contribution >= 4 is 112 Å². The summed E-state index contributed by atoms with van der Waals surface area (Å²) in [5.41, 5.74) is 9.50. The molecule has 26 heteroatoms. The van der Waals surface area contributed by atoms with E-state index in [4.69, 9.17) is 39.1 Å². The fraction of sp³-hybridized carbons (Fsp3) is 0.390. The summed E-state index contributed by atoms with van der Waals surface area (Å²) in [7, 11) is 0. The molecule has 4 fully saturated rings. The maximum absolute atomic E-state index is 13.6. The van der Waals surface area contributed by atoms with Crippen LogP contribution in [0.15, 0.2) is 122 Å². The molecule has 4 bridgehead atoms. The largest absolute Gasteiger partial charge is 0.491 e. The van der Waals surface area contributed by atoms with Gasteiger partial charge in [0.1, 0.15) is 54.3 Å². The van der Waals surface area contributed by atoms with Crippen molar-refractivity contribution < 1.29 is 52.7 Å². The summed E-state index contributed by atoms with van der Waals surface area (Å²) in [4.78, 5) is 76.4. The van der Waals surface area contributed by atoms with E-state index in [9.17, 15) is 24.3 Å². The molecule has 6 aliphatic heterocycles. The first-order valence-corrected chi connectivity index (χ1v) is 27.1. The number of aromatic carboxylic acids is 1. The first-order valence-electron chi connectivity index (χ1n) is 27.1. The molecule has 0 saturated carbocycles. The van der Waals surface area contributed by atoms with Crippen LogP contribution in [0.2, 0.25) is 0 Å². The Morgan fingerprint density at radius 1 is 0.624 bits per heavy atom. The summed E-state index contributed by atoms with van der Waals surface area (Å²) in [5.74, 6) is 0.192. The summed E-state index contributed by atoms with van der Waals surface area (Å²) in [5, 5.41) is 15.1. The molecule has 4 amide bonds. The number of carboxylic acid groups (broad SMARTS) is 1. The highest BCUT2D eigenvalue weighted by molar-refractivity contribution is 7.59. The molecule has 6 aromatic rings. The van der Waals surface area contributed by atoms with Gasteiger partial charge in [0, 0.05) is 63.7 Å². The van der Waals surface area contributed by atoms with Gasteiger partial charge in [-0.3, -0.25) is 25.2 Å². The number of fused-ring (bicyclic) bond motifs is 8. The molecule has 0 unspecified atom stereocenters. The number of carbonyl (C=O) groups is 4. The normalized spacial score (nSPS) is 19.4. The number of nitrogens with one attached hydrogen (secondary N) is 2. The van der Waals surface area contributed by atoms with Crippen LogP contribution >= 0.6 is 54.0 Å². The van der Waals surface area contributed by atoms with Crippen LogP contribution in [0.5, 0.6) is 11.5 Å². The fourth-order valence-electron chi connectivity index (χ4n) is 10.4. The number of rotatable bonds is 14. The predicted octanol–water partition coefficient (Wildman–Crippen LogP) is 8.39. The Labute approximate surface area is 522 Å². The van der Waals surface area contributed by atoms with Crippen LogP contribution in [0.25, 0.3) is 0 Å². The topological polar surface area (TPSA) is 258 Å². The standard InChI is InChI=1S/C30H33N5O5.C22H25N5O6.C7H9N.4H2S/c1-30(2)39-19-23(40-30)18-38-22-12-14-31-27(16-22)33-29(37)35-21-13-15-34(17-21)25-10-9-24(32-28(25)35)26(36)11-8-20-6-4-3-5-7-20;1-22(2)32-12-15(33-22)11-31-14-5-7-23-18(9-14)25-21(30)27-13-6-8-26(10-13)17-4-3-16(20(28)29)24-19(17)27;8-6-7-4-2-1-3-5-7;;;;/h3-7,9-10,12,14,16,21,23H,8,11,13,15,17-19H2,1-2H3,(H,31,33,37);3-5,7,9,13,15H,6,8,10-12H2,1-2H3,(H,28,29)(H,23,25,30);1-5H,6,8H2;4*1H2/t21-,23-;13-,15-;;;;;/m00...../s1. The van der Waals surface area contributed by atoms with Crippen molar-refractivity contribution in [2.45, 2.75) is 95.8 Å². The minimum absolute atomic E-state index is 0. The number of carbonyl (C=O) groups excluding carboxylic acids is 3. The molecule has 456 valence electrons. The third-order valence-electron chi connectivity index (χ3n) is 14.3. The van der Waals surface area contributed by atoms with Gasteiger partial charge in [-0.1, -0.05) is 60.7 Å². The van der Waals surface area contributed by atoms with Gasteiger partial charge in [0.25, 0.3) is 0 Å². The van der Waals surface area contributed by atoms with Crippen LogP contribution < -0.4 is 45.4 Å². The van der Waals surface area contributed by atoms with E-state index in [1.54, 1.807) is 53.7 Å². The lowest BCUT2D eigenvalue weighted by Crippen LogP contribution is -2.48. The Hall–Kier alpha value is -6.88. The monoisotopic (exact) mass is 1240 g/mol. The van der Waals surface area contributed by atoms with Crippen molar-refractivity contribution in [2.24, 2.45) is 5.73 Å². The van der Waals surface area contributed by atoms with Crippen LogP contribution in [0.4, 0.5) is 44.2 Å². The minimum Gasteiger partial charge on any atom is -0.491 e. The number of hydrogen-bond donors (Lipinski definition) is 4. The zero-order valence-electron chi connectivity index (χ0n) is 47.7. The molecule has 4 aromatic heterocycles. The molecule has 0 spiro atoms. The second-order valence-electron chi connectivity index (χ2n) is 21.1. The molecular weight excluding hydrogens is 1170 g/mol. The van der Waals surface area contributed by atoms with Crippen molar-refractivity contribution in [3.05, 3.63) is 144 Å². The van der Waals surface area contributed by atoms with E-state index in [0.29, 0.717) is 92.8 Å². The summed E-state index contributed by atoms with van der Waals surface area (Å²) in [6.07, 6.45) is 5.34. The first kappa shape index (κ1) is 67.2. The summed E-state index contributed by atoms with van der Waals surface area (Å²) in [6.45, 7) is 12.6. The van der Waals surface area contributed by atoms with Crippen LogP contribution in [-0.2, 0) is 31.9 Å². The number of ketones is 1. The van der Waals surface area contributed by atoms with E-state index < -0.39 is 23.6 Å². The number of nitrogens with zero attached hydrogens (tertiary/aromatic N) is 8. The van der Waals surface area contributed by atoms with E-state index in [0.717, 1.165) is 49.4 Å². The fourth-order valence-corrected chi connectivity index (χ4v) is 10.4. The zero-order valence-corrected chi connectivity index (χ0v) is 51.7. The highest BCUT2D eigenvalue weighted by Gasteiger charge is 2.43. The molecule has 12 rings (SSSR count). The van der Waals surface area contributed by atoms with Gasteiger partial charge in [-0.15, -0.1) is 0 Å². The van der Waals surface area contributed by atoms with Gasteiger partial charge in [-0.05, 0) is 94.5 Å². The summed E-state index contributed by atoms with van der Waals surface area (Å²) in [6, 6.07) is 32.6. The van der Waals surface area contributed by atoms with Crippen molar-refractivity contribution in [1.82, 2.24) is 19.9 Å². The lowest BCUT2D eigenvalue weighted by molar-refractivity contribution is -0.141. The van der Waals surface area contributed by atoms with Crippen molar-refractivity contribution in [3.63, 3.8) is 0 Å². The SMILES string of the molecule is CC1(C)OC[C@H](COc2ccnc(NC(=O)N3c4nc(C(=O)CCc5ccccc5)ccc4N4CC[C@H]3C4)c2)O1.CC1(C)OC[C@H](COc2ccnc(NC(=O)N3c4nc(C(=O)O)ccc4N4CC[C@H]3C4)c2)O1.NCc1ccccc1.S.S.S.S. The van der Waals surface area contributed by atoms with Crippen molar-refractivity contribution in [3.8, 4) is 11.5 Å². The Morgan fingerprint density at radius 2 is 1.07 bits per heavy atom. The lowest BCUT2D eigenvalue weighted by atomic mass is 10.1. The number of ether oxygens (including phenoxy) is 6. The summed E-state index contributed by atoms with van der Waals surface area (Å²) >= 11 is 0. The van der Waals surface area contributed by atoms with Gasteiger partial charge in [0.15, 0.2) is 34.7 Å². The van der Waals surface area contributed by atoms with Gasteiger partial charge in [0.2, 0.25) is 0 Å². The molecule has 2 aromatic carbocycles. The lowest BCUT2D eigenvalue weighted by Gasteiger charge is -2.35. The average molecular weight is 1240 g/mol. The number of nitrogens with two attached hydrogens (primary N) is 1. The Balaban J connectivity index is 0.000000233. The van der Waals surface area contributed by atoms with Crippen molar-refractivity contribution in [2.75, 3.05) is 82.8 Å². The number of amides is 4. The van der Waals surface area contributed by atoms with Crippen LogP contribution in [0.1, 0.15) is 79.1 Å². The highest BCUT2D eigenvalue weighted by Crippen LogP contribution is 2.41. The van der Waals surface area contributed by atoms with E-state index in [1.165, 1.54) is 16.5 Å². The van der Waals surface area contributed by atoms with Gasteiger partial charge in [0.05, 0.1) is 36.7 Å². The first-order chi connectivity index (χ1) is 39.1. The maximum atomic E-state index is 13.6. The number of urea groups is 2. The van der Waals surface area contributed by atoms with E-state index in [2.05, 4.69) is 35.4 Å². The number of carboxylic acids is 1. The molecule has 4 atom stereocenters. The number of Topliss-reactive ketones (excluding diaryl/α,β-unsaturated/α-hetero) is 1. The third-order valence-corrected chi connectivity index (χ3v) is 14.3. The molecule has 4 saturated heterocycles. The third kappa shape index (κ3) is 17.0. The van der Waals surface area contributed by atoms with E-state index in [-0.39, 0.29) is 95.8 Å². The molecule has 85 heavy (non-hydrogen) atoms. The van der Waals surface area contributed by atoms with Gasteiger partial charge in [-0.2, -0.15) is 54.0 Å². The number of aryl methyl sites for hydroxylation is 1. The zero-order chi connectivity index (χ0) is 56.7. The number of aromatic nitrogens is 4. The molecule has 10 heterocycles. The Morgan fingerprint density at radius 3 is 1.49 bits per heavy atom. The quantitative estimate of drug-likeness (QED) is 0.0747. The number of anilines is 6. The van der Waals surface area contributed by atoms with Gasteiger partial charge < -0.3 is 49.1 Å². The number of benzene rings is 2. The van der Waals surface area contributed by atoms with E-state index in [1.807, 2.05) is 94.4 Å².